The number of hydrogen-bond donors (Lipinski definition) is 1. The molecule has 0 aliphatic rings. The van der Waals surface area contributed by atoms with Crippen LogP contribution in [0.15, 0.2) is 24.3 Å². The molecule has 0 aliphatic carbocycles. The minimum atomic E-state index is -0.0706. The van der Waals surface area contributed by atoms with E-state index in [2.05, 4.69) is 29.4 Å². The average Bonchev–Trinajstić information content (AvgIpc) is 2.70. The van der Waals surface area contributed by atoms with Crippen molar-refractivity contribution in [2.75, 3.05) is 0 Å². The first kappa shape index (κ1) is 10.8. The van der Waals surface area contributed by atoms with E-state index in [4.69, 9.17) is 5.11 Å². The van der Waals surface area contributed by atoms with Gasteiger partial charge in [-0.25, -0.2) is 4.68 Å². The molecule has 2 aromatic rings. The second-order valence-corrected chi connectivity index (χ2v) is 3.71. The predicted octanol–water partition coefficient (Wildman–Crippen LogP) is 1.63. The third-order valence-electron chi connectivity index (χ3n) is 2.73. The Morgan fingerprint density at radius 2 is 1.94 bits per heavy atom. The molecular formula is C12H15N3O. The Kier molecular flexibility index (Phi) is 3.01. The van der Waals surface area contributed by atoms with E-state index in [1.807, 2.05) is 19.1 Å². The van der Waals surface area contributed by atoms with E-state index in [-0.39, 0.29) is 6.61 Å². The van der Waals surface area contributed by atoms with E-state index in [9.17, 15) is 0 Å². The maximum atomic E-state index is 9.05. The summed E-state index contributed by atoms with van der Waals surface area (Å²) in [7, 11) is 0. The largest absolute Gasteiger partial charge is 0.390 e. The zero-order valence-corrected chi connectivity index (χ0v) is 9.51. The average molecular weight is 217 g/mol. The van der Waals surface area contributed by atoms with E-state index < -0.39 is 0 Å². The topological polar surface area (TPSA) is 50.9 Å². The summed E-state index contributed by atoms with van der Waals surface area (Å²) in [6.07, 6.45) is 1.03. The SMILES string of the molecule is CCc1ccc(-n2nnc(CO)c2C)cc1. The normalized spacial score (nSPS) is 10.7. The molecule has 1 heterocycles. The van der Waals surface area contributed by atoms with Crippen LogP contribution in [0, 0.1) is 6.92 Å². The van der Waals surface area contributed by atoms with Crippen molar-refractivity contribution >= 4 is 0 Å². The number of hydrogen-bond acceptors (Lipinski definition) is 3. The van der Waals surface area contributed by atoms with Gasteiger partial charge in [0.2, 0.25) is 0 Å². The third-order valence-corrected chi connectivity index (χ3v) is 2.73. The molecule has 0 bridgehead atoms. The third kappa shape index (κ3) is 1.84. The van der Waals surface area contributed by atoms with E-state index in [1.165, 1.54) is 5.56 Å². The van der Waals surface area contributed by atoms with Crippen LogP contribution in [-0.4, -0.2) is 20.1 Å². The van der Waals surface area contributed by atoms with Crippen LogP contribution in [0.4, 0.5) is 0 Å². The molecule has 0 unspecified atom stereocenters. The molecule has 1 aromatic heterocycles. The quantitative estimate of drug-likeness (QED) is 0.850. The Balaban J connectivity index is 2.38. The van der Waals surface area contributed by atoms with Crippen molar-refractivity contribution in [1.29, 1.82) is 0 Å². The van der Waals surface area contributed by atoms with Crippen LogP contribution >= 0.6 is 0 Å². The van der Waals surface area contributed by atoms with Crippen molar-refractivity contribution in [2.45, 2.75) is 26.9 Å². The van der Waals surface area contributed by atoms with Gasteiger partial charge < -0.3 is 5.11 Å². The predicted molar refractivity (Wildman–Crippen MR) is 61.4 cm³/mol. The highest BCUT2D eigenvalue weighted by Gasteiger charge is 2.08. The lowest BCUT2D eigenvalue weighted by Gasteiger charge is -2.04. The zero-order valence-electron chi connectivity index (χ0n) is 9.51. The highest BCUT2D eigenvalue weighted by molar-refractivity contribution is 5.35. The van der Waals surface area contributed by atoms with Gasteiger partial charge in [-0.15, -0.1) is 5.10 Å². The number of benzene rings is 1. The Morgan fingerprint density at radius 1 is 1.25 bits per heavy atom. The van der Waals surface area contributed by atoms with Gasteiger partial charge in [0.25, 0.3) is 0 Å². The molecular weight excluding hydrogens is 202 g/mol. The van der Waals surface area contributed by atoms with Crippen molar-refractivity contribution in [2.24, 2.45) is 0 Å². The molecule has 1 aromatic carbocycles. The molecule has 84 valence electrons. The first-order chi connectivity index (χ1) is 7.76. The van der Waals surface area contributed by atoms with E-state index in [1.54, 1.807) is 4.68 Å². The summed E-state index contributed by atoms with van der Waals surface area (Å²) in [6.45, 7) is 3.96. The van der Waals surface area contributed by atoms with Gasteiger partial charge in [0.05, 0.1) is 18.0 Å². The summed E-state index contributed by atoms with van der Waals surface area (Å²) in [4.78, 5) is 0. The molecule has 16 heavy (non-hydrogen) atoms. The number of aryl methyl sites for hydroxylation is 1. The molecule has 4 nitrogen and oxygen atoms in total. The number of rotatable bonds is 3. The van der Waals surface area contributed by atoms with Gasteiger partial charge in [-0.3, -0.25) is 0 Å². The van der Waals surface area contributed by atoms with Crippen LogP contribution < -0.4 is 0 Å². The lowest BCUT2D eigenvalue weighted by molar-refractivity contribution is 0.276. The van der Waals surface area contributed by atoms with Crippen LogP contribution in [-0.2, 0) is 13.0 Å². The fraction of sp³-hybridized carbons (Fsp3) is 0.333. The molecule has 0 saturated carbocycles. The van der Waals surface area contributed by atoms with Gasteiger partial charge in [-0.2, -0.15) is 0 Å². The Bertz CT molecular complexity index is 474. The molecule has 0 spiro atoms. The summed E-state index contributed by atoms with van der Waals surface area (Å²) >= 11 is 0. The molecule has 4 heteroatoms. The zero-order chi connectivity index (χ0) is 11.5. The van der Waals surface area contributed by atoms with Gasteiger partial charge in [0, 0.05) is 0 Å². The molecule has 0 fully saturated rings. The molecule has 2 rings (SSSR count). The second kappa shape index (κ2) is 4.45. The summed E-state index contributed by atoms with van der Waals surface area (Å²) < 4.78 is 1.74. The first-order valence-electron chi connectivity index (χ1n) is 5.37. The van der Waals surface area contributed by atoms with E-state index in [0.717, 1.165) is 17.8 Å². The number of aliphatic hydroxyl groups is 1. The molecule has 0 aliphatic heterocycles. The molecule has 0 atom stereocenters. The van der Waals surface area contributed by atoms with Gasteiger partial charge in [0.1, 0.15) is 5.69 Å². The fourth-order valence-electron chi connectivity index (χ4n) is 1.62. The van der Waals surface area contributed by atoms with E-state index >= 15 is 0 Å². The van der Waals surface area contributed by atoms with Crippen LogP contribution in [0.3, 0.4) is 0 Å². The molecule has 0 saturated heterocycles. The number of aliphatic hydroxyl groups excluding tert-OH is 1. The van der Waals surface area contributed by atoms with Crippen LogP contribution in [0.25, 0.3) is 5.69 Å². The summed E-state index contributed by atoms with van der Waals surface area (Å²) in [5.41, 5.74) is 3.78. The highest BCUT2D eigenvalue weighted by Crippen LogP contribution is 2.13. The smallest absolute Gasteiger partial charge is 0.111 e. The lowest BCUT2D eigenvalue weighted by Crippen LogP contribution is -1.99. The summed E-state index contributed by atoms with van der Waals surface area (Å²) in [6, 6.07) is 8.19. The molecule has 0 amide bonds. The van der Waals surface area contributed by atoms with Crippen molar-refractivity contribution in [3.63, 3.8) is 0 Å². The lowest BCUT2D eigenvalue weighted by atomic mass is 10.1. The van der Waals surface area contributed by atoms with Crippen LogP contribution in [0.2, 0.25) is 0 Å². The van der Waals surface area contributed by atoms with Gasteiger partial charge in [-0.05, 0) is 31.0 Å². The molecule has 1 N–H and O–H groups in total. The fourth-order valence-corrected chi connectivity index (χ4v) is 1.62. The number of nitrogens with zero attached hydrogens (tertiary/aromatic N) is 3. The minimum Gasteiger partial charge on any atom is -0.390 e. The van der Waals surface area contributed by atoms with Gasteiger partial charge in [-0.1, -0.05) is 24.3 Å². The van der Waals surface area contributed by atoms with Crippen molar-refractivity contribution in [3.05, 3.63) is 41.2 Å². The van der Waals surface area contributed by atoms with Gasteiger partial charge >= 0.3 is 0 Å². The number of aromatic nitrogens is 3. The highest BCUT2D eigenvalue weighted by atomic mass is 16.3. The maximum Gasteiger partial charge on any atom is 0.111 e. The standard InChI is InChI=1S/C12H15N3O/c1-3-10-4-6-11(7-5-10)15-9(2)12(8-16)13-14-15/h4-7,16H,3,8H2,1-2H3. The Labute approximate surface area is 94.5 Å². The van der Waals surface area contributed by atoms with E-state index in [0.29, 0.717) is 5.69 Å². The van der Waals surface area contributed by atoms with Crippen molar-refractivity contribution in [1.82, 2.24) is 15.0 Å². The minimum absolute atomic E-state index is 0.0706. The van der Waals surface area contributed by atoms with Crippen LogP contribution in [0.1, 0.15) is 23.9 Å². The Hall–Kier alpha value is -1.68. The summed E-state index contributed by atoms with van der Waals surface area (Å²) in [5, 5.41) is 17.0. The molecule has 0 radical (unpaired) electrons. The monoisotopic (exact) mass is 217 g/mol. The van der Waals surface area contributed by atoms with Crippen molar-refractivity contribution in [3.8, 4) is 5.69 Å². The van der Waals surface area contributed by atoms with Gasteiger partial charge in [0.15, 0.2) is 0 Å². The second-order valence-electron chi connectivity index (χ2n) is 3.71. The Morgan fingerprint density at radius 3 is 2.44 bits per heavy atom. The maximum absolute atomic E-state index is 9.05. The first-order valence-corrected chi connectivity index (χ1v) is 5.37. The van der Waals surface area contributed by atoms with Crippen molar-refractivity contribution < 1.29 is 5.11 Å². The summed E-state index contributed by atoms with van der Waals surface area (Å²) in [5.74, 6) is 0. The van der Waals surface area contributed by atoms with Crippen LogP contribution in [0.5, 0.6) is 0 Å².